The number of hydrogen-bond acceptors (Lipinski definition) is 6. The van der Waals surface area contributed by atoms with Crippen molar-refractivity contribution in [3.8, 4) is 11.5 Å². The van der Waals surface area contributed by atoms with Crippen molar-refractivity contribution >= 4 is 27.5 Å². The third-order valence-corrected chi connectivity index (χ3v) is 9.02. The van der Waals surface area contributed by atoms with Crippen molar-refractivity contribution in [2.24, 2.45) is 0 Å². The fraction of sp³-hybridized carbons (Fsp3) is 0.278. The molecule has 0 aliphatic carbocycles. The van der Waals surface area contributed by atoms with Gasteiger partial charge in [-0.2, -0.15) is 0 Å². The van der Waals surface area contributed by atoms with Crippen LogP contribution in [0.3, 0.4) is 0 Å². The zero-order valence-corrected chi connectivity index (χ0v) is 27.4. The van der Waals surface area contributed by atoms with Crippen LogP contribution in [0.5, 0.6) is 11.5 Å². The molecule has 1 atom stereocenters. The molecular formula is C36H41N3O6S. The molecule has 0 unspecified atom stereocenters. The molecule has 242 valence electrons. The highest BCUT2D eigenvalue weighted by molar-refractivity contribution is 7.92. The lowest BCUT2D eigenvalue weighted by Gasteiger charge is -2.34. The van der Waals surface area contributed by atoms with Gasteiger partial charge in [0.05, 0.1) is 24.3 Å². The molecule has 10 heteroatoms. The summed E-state index contributed by atoms with van der Waals surface area (Å²) in [5.74, 6) is 0.255. The summed E-state index contributed by atoms with van der Waals surface area (Å²) in [6, 6.07) is 30.1. The van der Waals surface area contributed by atoms with Gasteiger partial charge in [-0.3, -0.25) is 13.9 Å². The third-order valence-electron chi connectivity index (χ3n) is 7.23. The summed E-state index contributed by atoms with van der Waals surface area (Å²) in [6.45, 7) is 5.50. The molecule has 0 fully saturated rings. The van der Waals surface area contributed by atoms with Crippen LogP contribution in [0.25, 0.3) is 0 Å². The summed E-state index contributed by atoms with van der Waals surface area (Å²) >= 11 is 0. The van der Waals surface area contributed by atoms with Crippen LogP contribution >= 0.6 is 0 Å². The minimum Gasteiger partial charge on any atom is -0.497 e. The van der Waals surface area contributed by atoms with Crippen molar-refractivity contribution < 1.29 is 27.5 Å². The zero-order chi connectivity index (χ0) is 33.1. The summed E-state index contributed by atoms with van der Waals surface area (Å²) in [6.07, 6.45) is 0.228. The fourth-order valence-electron chi connectivity index (χ4n) is 5.03. The number of carbonyl (C=O) groups excluding carboxylic acids is 2. The minimum atomic E-state index is -4.21. The largest absolute Gasteiger partial charge is 0.497 e. The van der Waals surface area contributed by atoms with Gasteiger partial charge in [0.1, 0.15) is 24.1 Å². The maximum absolute atomic E-state index is 14.5. The summed E-state index contributed by atoms with van der Waals surface area (Å²) in [5, 5.41) is 2.96. The number of nitrogens with zero attached hydrogens (tertiary/aromatic N) is 2. The quantitative estimate of drug-likeness (QED) is 0.185. The molecule has 0 aliphatic heterocycles. The Kier molecular flexibility index (Phi) is 11.8. The second-order valence-electron chi connectivity index (χ2n) is 11.0. The van der Waals surface area contributed by atoms with Crippen molar-refractivity contribution in [2.75, 3.05) is 24.6 Å². The van der Waals surface area contributed by atoms with E-state index in [1.807, 2.05) is 63.2 Å². The van der Waals surface area contributed by atoms with Crippen LogP contribution in [0.15, 0.2) is 114 Å². The Morgan fingerprint density at radius 1 is 0.804 bits per heavy atom. The first-order valence-electron chi connectivity index (χ1n) is 15.2. The van der Waals surface area contributed by atoms with Crippen molar-refractivity contribution in [2.45, 2.75) is 50.7 Å². The molecule has 1 N–H and O–H groups in total. The second-order valence-corrected chi connectivity index (χ2v) is 12.9. The van der Waals surface area contributed by atoms with Crippen molar-refractivity contribution in [3.63, 3.8) is 0 Å². The SMILES string of the molecule is CCOc1ccc(S(=O)(=O)N(CC(=O)N(Cc2cccc(OC)c2)[C@H](Cc2ccccc2)C(=O)NC(C)C)c2ccccc2)cc1. The smallest absolute Gasteiger partial charge is 0.264 e. The molecule has 0 heterocycles. The first-order chi connectivity index (χ1) is 22.1. The average molecular weight is 644 g/mol. The van der Waals surface area contributed by atoms with E-state index in [4.69, 9.17) is 9.47 Å². The number of carbonyl (C=O) groups is 2. The number of methoxy groups -OCH3 is 1. The first-order valence-corrected chi connectivity index (χ1v) is 16.6. The Labute approximate surface area is 271 Å². The molecule has 0 saturated heterocycles. The number of ether oxygens (including phenoxy) is 2. The van der Waals surface area contributed by atoms with Gasteiger partial charge in [-0.15, -0.1) is 0 Å². The van der Waals surface area contributed by atoms with Gasteiger partial charge in [-0.05, 0) is 80.4 Å². The van der Waals surface area contributed by atoms with E-state index in [1.54, 1.807) is 61.7 Å². The molecule has 46 heavy (non-hydrogen) atoms. The highest BCUT2D eigenvalue weighted by Crippen LogP contribution is 2.26. The second kappa shape index (κ2) is 15.9. The van der Waals surface area contributed by atoms with Crippen molar-refractivity contribution in [1.29, 1.82) is 0 Å². The fourth-order valence-corrected chi connectivity index (χ4v) is 6.44. The molecule has 0 aromatic heterocycles. The summed E-state index contributed by atoms with van der Waals surface area (Å²) in [5.41, 5.74) is 1.90. The van der Waals surface area contributed by atoms with E-state index in [2.05, 4.69) is 5.32 Å². The standard InChI is InChI=1S/C36H41N3O6S/c1-5-45-31-19-21-33(22-20-31)46(42,43)39(30-16-10-7-11-17-30)26-35(40)38(25-29-15-12-18-32(23-29)44-4)34(36(41)37-27(2)3)24-28-13-8-6-9-14-28/h6-23,27,34H,5,24-26H2,1-4H3,(H,37,41)/t34-/m1/s1. The number of benzene rings is 4. The number of para-hydroxylation sites is 1. The Morgan fingerprint density at radius 2 is 1.43 bits per heavy atom. The van der Waals surface area contributed by atoms with Crippen LogP contribution in [0.4, 0.5) is 5.69 Å². The maximum atomic E-state index is 14.5. The van der Waals surface area contributed by atoms with Crippen LogP contribution in [0, 0.1) is 0 Å². The summed E-state index contributed by atoms with van der Waals surface area (Å²) in [7, 11) is -2.66. The van der Waals surface area contributed by atoms with Crippen LogP contribution in [-0.4, -0.2) is 57.5 Å². The Balaban J connectivity index is 1.78. The van der Waals surface area contributed by atoms with Crippen LogP contribution in [0.2, 0.25) is 0 Å². The normalized spacial score (nSPS) is 11.8. The number of anilines is 1. The highest BCUT2D eigenvalue weighted by atomic mass is 32.2. The molecule has 0 bridgehead atoms. The van der Waals surface area contributed by atoms with Crippen LogP contribution < -0.4 is 19.1 Å². The number of sulfonamides is 1. The topological polar surface area (TPSA) is 105 Å². The monoisotopic (exact) mass is 643 g/mol. The Hall–Kier alpha value is -4.83. The molecule has 0 radical (unpaired) electrons. The van der Waals surface area contributed by atoms with E-state index < -0.39 is 28.5 Å². The molecule has 0 spiro atoms. The van der Waals surface area contributed by atoms with E-state index in [0.717, 1.165) is 15.4 Å². The zero-order valence-electron chi connectivity index (χ0n) is 26.6. The lowest BCUT2D eigenvalue weighted by molar-refractivity contribution is -0.140. The van der Waals surface area contributed by atoms with Gasteiger partial charge in [-0.25, -0.2) is 8.42 Å². The van der Waals surface area contributed by atoms with E-state index in [-0.39, 0.29) is 29.8 Å². The molecule has 0 aliphatic rings. The number of amides is 2. The summed E-state index contributed by atoms with van der Waals surface area (Å²) in [4.78, 5) is 29.8. The molecule has 4 aromatic rings. The van der Waals surface area contributed by atoms with Crippen LogP contribution in [0.1, 0.15) is 31.9 Å². The van der Waals surface area contributed by atoms with Crippen LogP contribution in [-0.2, 0) is 32.6 Å². The first kappa shape index (κ1) is 34.1. The number of nitrogens with one attached hydrogen (secondary N) is 1. The lowest BCUT2D eigenvalue weighted by atomic mass is 10.0. The van der Waals surface area contributed by atoms with Gasteiger partial charge in [0, 0.05) is 19.0 Å². The van der Waals surface area contributed by atoms with E-state index >= 15 is 0 Å². The van der Waals surface area contributed by atoms with Crippen molar-refractivity contribution in [3.05, 3.63) is 120 Å². The van der Waals surface area contributed by atoms with Crippen molar-refractivity contribution in [1.82, 2.24) is 10.2 Å². The lowest BCUT2D eigenvalue weighted by Crippen LogP contribution is -2.54. The van der Waals surface area contributed by atoms with Gasteiger partial charge < -0.3 is 19.7 Å². The molecule has 4 rings (SSSR count). The molecule has 4 aromatic carbocycles. The van der Waals surface area contributed by atoms with E-state index in [1.165, 1.54) is 17.0 Å². The van der Waals surface area contributed by atoms with Gasteiger partial charge in [0.15, 0.2) is 0 Å². The van der Waals surface area contributed by atoms with Gasteiger partial charge >= 0.3 is 0 Å². The third kappa shape index (κ3) is 8.88. The predicted molar refractivity (Wildman–Crippen MR) is 179 cm³/mol. The maximum Gasteiger partial charge on any atom is 0.264 e. The Morgan fingerprint density at radius 3 is 2.04 bits per heavy atom. The number of rotatable bonds is 15. The van der Waals surface area contributed by atoms with Gasteiger partial charge in [-0.1, -0.05) is 60.7 Å². The molecule has 0 saturated carbocycles. The number of hydrogen-bond donors (Lipinski definition) is 1. The van der Waals surface area contributed by atoms with Gasteiger partial charge in [0.25, 0.3) is 10.0 Å². The predicted octanol–water partition coefficient (Wildman–Crippen LogP) is 5.45. The van der Waals surface area contributed by atoms with E-state index in [9.17, 15) is 18.0 Å². The Bertz CT molecular complexity index is 1680. The molecular weight excluding hydrogens is 602 g/mol. The molecule has 2 amide bonds. The molecule has 9 nitrogen and oxygen atoms in total. The average Bonchev–Trinajstić information content (AvgIpc) is 3.06. The minimum absolute atomic E-state index is 0.00494. The highest BCUT2D eigenvalue weighted by Gasteiger charge is 2.35. The van der Waals surface area contributed by atoms with E-state index in [0.29, 0.717) is 23.8 Å². The van der Waals surface area contributed by atoms with Gasteiger partial charge in [0.2, 0.25) is 11.8 Å². The summed E-state index contributed by atoms with van der Waals surface area (Å²) < 4.78 is 40.3.